The van der Waals surface area contributed by atoms with Crippen molar-refractivity contribution in [2.24, 2.45) is 17.3 Å². The number of aliphatic carboxylic acids is 1. The van der Waals surface area contributed by atoms with Crippen LogP contribution < -0.4 is 0 Å². The molecule has 1 aromatic rings. The molecule has 64 heavy (non-hydrogen) atoms. The number of allylic oxidation sites excluding steroid dienone is 1. The average molecular weight is 890 g/mol. The molecule has 7 fully saturated rings. The number of carboxylic acid groups (broad SMARTS) is 1. The summed E-state index contributed by atoms with van der Waals surface area (Å²) in [5, 5.41) is 19.9. The number of esters is 5. The molecule has 0 spiro atoms. The molecule has 6 aliphatic heterocycles. The first kappa shape index (κ1) is 45.9. The summed E-state index contributed by atoms with van der Waals surface area (Å²) < 4.78 is 30.9. The van der Waals surface area contributed by atoms with Crippen LogP contribution in [0.5, 0.6) is 0 Å². The third kappa shape index (κ3) is 8.39. The number of carboxylic acids is 1. The summed E-state index contributed by atoms with van der Waals surface area (Å²) in [4.78, 5) is 88.1. The number of benzene rings is 1. The fourth-order valence-electron chi connectivity index (χ4n) is 12.3. The summed E-state index contributed by atoms with van der Waals surface area (Å²) in [6.07, 6.45) is 3.80. The van der Waals surface area contributed by atoms with Crippen LogP contribution in [0.2, 0.25) is 0 Å². The normalized spacial score (nSPS) is 39.7. The molecule has 1 aromatic carbocycles. The van der Waals surface area contributed by atoms with Crippen molar-refractivity contribution < 1.29 is 62.7 Å². The van der Waals surface area contributed by atoms with Crippen LogP contribution >= 0.6 is 0 Å². The van der Waals surface area contributed by atoms with Crippen molar-refractivity contribution >= 4 is 35.8 Å². The van der Waals surface area contributed by atoms with E-state index in [-0.39, 0.29) is 53.9 Å². The third-order valence-electron chi connectivity index (χ3n) is 16.2. The number of nitrogens with zero attached hydrogens (tertiary/aromatic N) is 3. The van der Waals surface area contributed by atoms with Crippen molar-refractivity contribution in [2.45, 2.75) is 164 Å². The van der Waals surface area contributed by atoms with Crippen LogP contribution in [0.15, 0.2) is 53.6 Å². The van der Waals surface area contributed by atoms with Gasteiger partial charge in [-0.15, -0.1) is 0 Å². The monoisotopic (exact) mass is 889 g/mol. The Labute approximate surface area is 374 Å². The van der Waals surface area contributed by atoms with Crippen LogP contribution in [0.25, 0.3) is 0 Å². The molecule has 7 aliphatic rings. The third-order valence-corrected chi connectivity index (χ3v) is 16.2. The van der Waals surface area contributed by atoms with Gasteiger partial charge in [-0.05, 0) is 67.2 Å². The Bertz CT molecular complexity index is 2080. The fourth-order valence-corrected chi connectivity index (χ4v) is 12.3. The summed E-state index contributed by atoms with van der Waals surface area (Å²) in [6.45, 7) is 6.43. The Morgan fingerprint density at radius 3 is 1.70 bits per heavy atom. The highest BCUT2D eigenvalue weighted by atomic mass is 16.6. The lowest BCUT2D eigenvalue weighted by Gasteiger charge is -2.55. The Balaban J connectivity index is 1.06. The van der Waals surface area contributed by atoms with Gasteiger partial charge in [0.25, 0.3) is 0 Å². The number of carbonyl (C=O) groups is 6. The van der Waals surface area contributed by atoms with Crippen LogP contribution in [0, 0.1) is 17.3 Å². The molecule has 16 nitrogen and oxygen atoms in total. The quantitative estimate of drug-likeness (QED) is 0.175. The van der Waals surface area contributed by atoms with Crippen molar-refractivity contribution in [2.75, 3.05) is 21.1 Å². The van der Waals surface area contributed by atoms with Crippen molar-refractivity contribution in [3.63, 3.8) is 0 Å². The average Bonchev–Trinajstić information content (AvgIpc) is 3.58. The molecule has 6 unspecified atom stereocenters. The van der Waals surface area contributed by atoms with Gasteiger partial charge in [-0.25, -0.2) is 14.4 Å². The van der Waals surface area contributed by atoms with Gasteiger partial charge in [-0.3, -0.25) is 29.1 Å². The van der Waals surface area contributed by atoms with E-state index < -0.39 is 83.5 Å². The smallest absolute Gasteiger partial charge is 0.333 e. The molecule has 1 aliphatic carbocycles. The number of hydrogen-bond donors (Lipinski definition) is 2. The van der Waals surface area contributed by atoms with Gasteiger partial charge in [0.05, 0.1) is 35.4 Å². The Morgan fingerprint density at radius 2 is 1.14 bits per heavy atom. The zero-order valence-electron chi connectivity index (χ0n) is 37.8. The minimum atomic E-state index is -1.71. The molecule has 348 valence electrons. The number of aliphatic hydroxyl groups excluding tert-OH is 1. The molecule has 16 atom stereocenters. The molecule has 16 heteroatoms. The predicted molar refractivity (Wildman–Crippen MR) is 228 cm³/mol. The molecule has 6 heterocycles. The lowest BCUT2D eigenvalue weighted by molar-refractivity contribution is -0.210. The number of aliphatic hydroxyl groups is 1. The van der Waals surface area contributed by atoms with Crippen molar-refractivity contribution in [3.05, 3.63) is 59.2 Å². The highest BCUT2D eigenvalue weighted by molar-refractivity contribution is 5.96. The van der Waals surface area contributed by atoms with Crippen LogP contribution in [0.1, 0.15) is 97.0 Å². The van der Waals surface area contributed by atoms with Gasteiger partial charge in [0.2, 0.25) is 0 Å². The van der Waals surface area contributed by atoms with E-state index in [4.69, 9.17) is 23.7 Å². The second kappa shape index (κ2) is 18.0. The lowest BCUT2D eigenvalue weighted by Crippen LogP contribution is -2.65. The second-order valence-corrected chi connectivity index (χ2v) is 19.7. The molecule has 0 radical (unpaired) electrons. The van der Waals surface area contributed by atoms with Gasteiger partial charge in [-0.2, -0.15) is 0 Å². The number of piperidine rings is 3. The first-order valence-corrected chi connectivity index (χ1v) is 22.9. The topological polar surface area (TPSA) is 199 Å². The first-order valence-electron chi connectivity index (χ1n) is 22.9. The Hall–Kier alpha value is -4.64. The molecule has 6 bridgehead atoms. The summed E-state index contributed by atoms with van der Waals surface area (Å²) in [6, 6.07) is 8.34. The van der Waals surface area contributed by atoms with E-state index >= 15 is 4.79 Å². The van der Waals surface area contributed by atoms with Gasteiger partial charge in [0.15, 0.2) is 0 Å². The van der Waals surface area contributed by atoms with E-state index in [1.165, 1.54) is 6.92 Å². The minimum Gasteiger partial charge on any atom is -0.478 e. The Kier molecular flexibility index (Phi) is 12.9. The minimum absolute atomic E-state index is 0.00268. The number of likely N-dealkylation sites (N-methyl/N-ethyl adjacent to an activating group) is 3. The maximum atomic E-state index is 15.0. The van der Waals surface area contributed by atoms with E-state index in [0.717, 1.165) is 6.08 Å². The van der Waals surface area contributed by atoms with Crippen LogP contribution in [-0.2, 0) is 52.5 Å². The van der Waals surface area contributed by atoms with E-state index in [1.54, 1.807) is 26.8 Å². The largest absolute Gasteiger partial charge is 0.478 e. The maximum absolute atomic E-state index is 15.0. The number of rotatable bonds is 12. The first-order chi connectivity index (χ1) is 30.4. The Morgan fingerprint density at radius 1 is 0.641 bits per heavy atom. The molecule has 8 rings (SSSR count). The molecule has 1 saturated carbocycles. The molecule has 0 aromatic heterocycles. The SMILES string of the molecule is C/C=C(/C)C(=O)O[C@@H]1CC2C[C@@H](OC(=O)[C@@H]3[C@@H](c4ccccc4)[C@H](C(=O)O[C@@H]4CC5C[C@@H](OC(=O)/C=C(\C)C(=O)O)CC4N5C)[C@]3(C)C(=O)O[C@@H]3CC4C[C@@H](O)CC3N4C)CC1N2C. The predicted octanol–water partition coefficient (Wildman–Crippen LogP) is 3.54. The zero-order valence-corrected chi connectivity index (χ0v) is 37.8. The molecular weight excluding hydrogens is 827 g/mol. The van der Waals surface area contributed by atoms with Crippen molar-refractivity contribution in [3.8, 4) is 0 Å². The van der Waals surface area contributed by atoms with Gasteiger partial charge in [0.1, 0.15) is 30.5 Å². The zero-order chi connectivity index (χ0) is 45.9. The van der Waals surface area contributed by atoms with Crippen molar-refractivity contribution in [1.29, 1.82) is 0 Å². The molecule has 2 N–H and O–H groups in total. The van der Waals surface area contributed by atoms with E-state index in [0.29, 0.717) is 68.9 Å². The highest BCUT2D eigenvalue weighted by Crippen LogP contribution is 2.63. The summed E-state index contributed by atoms with van der Waals surface area (Å²) in [7, 11) is 5.87. The van der Waals surface area contributed by atoms with Gasteiger partial charge in [-0.1, -0.05) is 36.4 Å². The second-order valence-electron chi connectivity index (χ2n) is 19.7. The van der Waals surface area contributed by atoms with Gasteiger partial charge >= 0.3 is 35.8 Å². The molecule has 0 amide bonds. The summed E-state index contributed by atoms with van der Waals surface area (Å²) in [5.74, 6) is -7.37. The van der Waals surface area contributed by atoms with Crippen LogP contribution in [-0.4, -0.2) is 155 Å². The highest BCUT2D eigenvalue weighted by Gasteiger charge is 2.72. The summed E-state index contributed by atoms with van der Waals surface area (Å²) in [5.41, 5.74) is -0.663. The molecular formula is C48H63N3O13. The van der Waals surface area contributed by atoms with E-state index in [2.05, 4.69) is 14.7 Å². The van der Waals surface area contributed by atoms with Gasteiger partial charge < -0.3 is 33.9 Å². The van der Waals surface area contributed by atoms with Crippen LogP contribution in [0.4, 0.5) is 0 Å². The van der Waals surface area contributed by atoms with Crippen molar-refractivity contribution in [1.82, 2.24) is 14.7 Å². The number of carbonyl (C=O) groups excluding carboxylic acids is 5. The fraction of sp³-hybridized carbons (Fsp3) is 0.667. The van der Waals surface area contributed by atoms with E-state index in [1.807, 2.05) is 51.5 Å². The lowest BCUT2D eigenvalue weighted by atomic mass is 9.45. The standard InChI is InChI=1S/C48H63N3O13/c1-8-24(2)44(56)62-36-19-29-17-32(23-35(36)51(29)7)61-45(57)41-40(26-12-10-9-11-13-26)42(48(41,4)47(59)64-38-18-27-15-30(52)21-33(38)49(27)5)46(58)63-37-20-28-16-31(22-34(37)50(28)6)60-39(53)14-25(3)43(54)55/h8-14,27-38,40-42,52H,15-23H2,1-7H3,(H,54,55)/b24-8-,25-14+/t27?,28?,29?,30-,31-,32-,33?,34?,35?,36-,37-,38-,40-,41+,42-,48-/m1/s1. The summed E-state index contributed by atoms with van der Waals surface area (Å²) >= 11 is 0. The maximum Gasteiger partial charge on any atom is 0.333 e. The van der Waals surface area contributed by atoms with Crippen LogP contribution in [0.3, 0.4) is 0 Å². The number of fused-ring (bicyclic) bond motifs is 6. The number of hydrogen-bond acceptors (Lipinski definition) is 15. The van der Waals surface area contributed by atoms with E-state index in [9.17, 15) is 34.2 Å². The molecule has 6 saturated heterocycles. The number of ether oxygens (including phenoxy) is 5. The van der Waals surface area contributed by atoms with Gasteiger partial charge in [0, 0.05) is 92.3 Å².